The van der Waals surface area contributed by atoms with E-state index in [0.717, 1.165) is 45.8 Å². The fraction of sp³-hybridized carbons (Fsp3) is 0.625. The van der Waals surface area contributed by atoms with E-state index < -0.39 is 0 Å². The first-order chi connectivity index (χ1) is 9.83. The van der Waals surface area contributed by atoms with Gasteiger partial charge in [-0.3, -0.25) is 4.90 Å². The van der Waals surface area contributed by atoms with Crippen LogP contribution < -0.4 is 5.32 Å². The lowest BCUT2D eigenvalue weighted by molar-refractivity contribution is 0.0380. The quantitative estimate of drug-likeness (QED) is 0.878. The summed E-state index contributed by atoms with van der Waals surface area (Å²) in [4.78, 5) is 2.46. The molecule has 4 heteroatoms. The monoisotopic (exact) mass is 276 g/mol. The van der Waals surface area contributed by atoms with Gasteiger partial charge in [-0.15, -0.1) is 0 Å². The maximum atomic E-state index is 9.58. The predicted molar refractivity (Wildman–Crippen MR) is 79.0 cm³/mol. The van der Waals surface area contributed by atoms with Gasteiger partial charge in [0, 0.05) is 32.2 Å². The Bertz CT molecular complexity index is 444. The SMILES string of the molecule is Oc1ccc2c(c1)CCCC2NCCN1CCOCC1. The Morgan fingerprint density at radius 1 is 1.30 bits per heavy atom. The first-order valence-corrected chi connectivity index (χ1v) is 7.68. The smallest absolute Gasteiger partial charge is 0.115 e. The molecule has 1 aliphatic heterocycles. The molecule has 0 spiro atoms. The van der Waals surface area contributed by atoms with E-state index in [1.165, 1.54) is 24.0 Å². The number of hydrogen-bond acceptors (Lipinski definition) is 4. The minimum absolute atomic E-state index is 0.387. The van der Waals surface area contributed by atoms with Gasteiger partial charge in [-0.1, -0.05) is 6.07 Å². The molecule has 2 aliphatic rings. The van der Waals surface area contributed by atoms with Crippen molar-refractivity contribution in [3.8, 4) is 5.75 Å². The van der Waals surface area contributed by atoms with Crippen LogP contribution in [0.3, 0.4) is 0 Å². The number of morpholine rings is 1. The summed E-state index contributed by atoms with van der Waals surface area (Å²) in [6, 6.07) is 6.25. The van der Waals surface area contributed by atoms with Gasteiger partial charge in [0.1, 0.15) is 5.75 Å². The number of hydrogen-bond donors (Lipinski definition) is 2. The van der Waals surface area contributed by atoms with E-state index >= 15 is 0 Å². The summed E-state index contributed by atoms with van der Waals surface area (Å²) in [5, 5.41) is 13.3. The van der Waals surface area contributed by atoms with Gasteiger partial charge in [0.05, 0.1) is 13.2 Å². The number of nitrogens with zero attached hydrogens (tertiary/aromatic N) is 1. The van der Waals surface area contributed by atoms with Crippen LogP contribution in [0.1, 0.15) is 30.0 Å². The molecular weight excluding hydrogens is 252 g/mol. The molecule has 1 aromatic rings. The summed E-state index contributed by atoms with van der Waals surface area (Å²) < 4.78 is 5.37. The van der Waals surface area contributed by atoms with Crippen LogP contribution in [0.2, 0.25) is 0 Å². The first kappa shape index (κ1) is 13.9. The van der Waals surface area contributed by atoms with Gasteiger partial charge < -0.3 is 15.2 Å². The van der Waals surface area contributed by atoms with Gasteiger partial charge in [-0.25, -0.2) is 0 Å². The predicted octanol–water partition coefficient (Wildman–Crippen LogP) is 1.69. The Labute approximate surface area is 120 Å². The normalized spacial score (nSPS) is 23.5. The summed E-state index contributed by atoms with van der Waals surface area (Å²) in [5.41, 5.74) is 2.68. The highest BCUT2D eigenvalue weighted by Crippen LogP contribution is 2.31. The van der Waals surface area contributed by atoms with E-state index in [0.29, 0.717) is 11.8 Å². The molecule has 0 aromatic heterocycles. The highest BCUT2D eigenvalue weighted by molar-refractivity contribution is 5.38. The van der Waals surface area contributed by atoms with E-state index in [4.69, 9.17) is 4.74 Å². The third-order valence-electron chi connectivity index (χ3n) is 4.36. The second kappa shape index (κ2) is 6.57. The number of fused-ring (bicyclic) bond motifs is 1. The van der Waals surface area contributed by atoms with Crippen LogP contribution in [0.5, 0.6) is 5.75 Å². The summed E-state index contributed by atoms with van der Waals surface area (Å²) in [6.07, 6.45) is 3.48. The van der Waals surface area contributed by atoms with Crippen LogP contribution in [0.25, 0.3) is 0 Å². The van der Waals surface area contributed by atoms with Gasteiger partial charge in [0.2, 0.25) is 0 Å². The number of rotatable bonds is 4. The van der Waals surface area contributed by atoms with E-state index in [9.17, 15) is 5.11 Å². The van der Waals surface area contributed by atoms with Gasteiger partial charge >= 0.3 is 0 Å². The van der Waals surface area contributed by atoms with Crippen molar-refractivity contribution in [1.82, 2.24) is 10.2 Å². The molecular formula is C16H24N2O2. The molecule has 1 heterocycles. The minimum atomic E-state index is 0.387. The van der Waals surface area contributed by atoms with E-state index in [1.807, 2.05) is 6.07 Å². The van der Waals surface area contributed by atoms with Crippen molar-refractivity contribution in [3.63, 3.8) is 0 Å². The van der Waals surface area contributed by atoms with Crippen molar-refractivity contribution in [2.24, 2.45) is 0 Å². The topological polar surface area (TPSA) is 44.7 Å². The van der Waals surface area contributed by atoms with Crippen LogP contribution >= 0.6 is 0 Å². The van der Waals surface area contributed by atoms with Crippen molar-refractivity contribution < 1.29 is 9.84 Å². The summed E-state index contributed by atoms with van der Waals surface area (Å²) in [6.45, 7) is 5.95. The molecule has 1 aromatic carbocycles. The molecule has 1 unspecified atom stereocenters. The zero-order valence-electron chi connectivity index (χ0n) is 12.0. The van der Waals surface area contributed by atoms with E-state index in [1.54, 1.807) is 6.07 Å². The molecule has 0 bridgehead atoms. The number of phenolic OH excluding ortho intramolecular Hbond substituents is 1. The zero-order valence-corrected chi connectivity index (χ0v) is 12.0. The highest BCUT2D eigenvalue weighted by atomic mass is 16.5. The molecule has 0 saturated carbocycles. The van der Waals surface area contributed by atoms with Crippen molar-refractivity contribution in [2.45, 2.75) is 25.3 Å². The molecule has 1 saturated heterocycles. The lowest BCUT2D eigenvalue weighted by Crippen LogP contribution is -2.41. The van der Waals surface area contributed by atoms with Crippen molar-refractivity contribution in [2.75, 3.05) is 39.4 Å². The molecule has 2 N–H and O–H groups in total. The maximum absolute atomic E-state index is 9.58. The Morgan fingerprint density at radius 2 is 2.15 bits per heavy atom. The van der Waals surface area contributed by atoms with Crippen LogP contribution in [-0.2, 0) is 11.2 Å². The molecule has 0 radical (unpaired) electrons. The van der Waals surface area contributed by atoms with Crippen LogP contribution in [0.4, 0.5) is 0 Å². The summed E-state index contributed by atoms with van der Waals surface area (Å²) in [7, 11) is 0. The lowest BCUT2D eigenvalue weighted by atomic mass is 9.87. The summed E-state index contributed by atoms with van der Waals surface area (Å²) >= 11 is 0. The second-order valence-corrected chi connectivity index (χ2v) is 5.74. The number of benzene rings is 1. The number of phenols is 1. The Kier molecular flexibility index (Phi) is 4.55. The molecule has 1 aliphatic carbocycles. The Balaban J connectivity index is 1.53. The number of ether oxygens (including phenoxy) is 1. The lowest BCUT2D eigenvalue weighted by Gasteiger charge is -2.30. The first-order valence-electron chi connectivity index (χ1n) is 7.68. The van der Waals surface area contributed by atoms with Gasteiger partial charge in [0.25, 0.3) is 0 Å². The largest absolute Gasteiger partial charge is 0.508 e. The minimum Gasteiger partial charge on any atom is -0.508 e. The summed E-state index contributed by atoms with van der Waals surface area (Å²) in [5.74, 6) is 0.387. The van der Waals surface area contributed by atoms with Gasteiger partial charge in [0.15, 0.2) is 0 Å². The molecule has 110 valence electrons. The molecule has 1 atom stereocenters. The number of aryl methyl sites for hydroxylation is 1. The fourth-order valence-electron chi connectivity index (χ4n) is 3.23. The van der Waals surface area contributed by atoms with Gasteiger partial charge in [-0.2, -0.15) is 0 Å². The number of aromatic hydroxyl groups is 1. The second-order valence-electron chi connectivity index (χ2n) is 5.74. The van der Waals surface area contributed by atoms with Crippen LogP contribution in [0.15, 0.2) is 18.2 Å². The molecule has 3 rings (SSSR count). The van der Waals surface area contributed by atoms with Crippen LogP contribution in [-0.4, -0.2) is 49.4 Å². The maximum Gasteiger partial charge on any atom is 0.115 e. The highest BCUT2D eigenvalue weighted by Gasteiger charge is 2.20. The molecule has 0 amide bonds. The van der Waals surface area contributed by atoms with Crippen molar-refractivity contribution in [3.05, 3.63) is 29.3 Å². The third-order valence-corrected chi connectivity index (χ3v) is 4.36. The standard InChI is InChI=1S/C16H24N2O2/c19-14-4-5-15-13(12-14)2-1-3-16(15)17-6-7-18-8-10-20-11-9-18/h4-5,12,16-17,19H,1-3,6-11H2. The van der Waals surface area contributed by atoms with Crippen molar-refractivity contribution >= 4 is 0 Å². The third kappa shape index (κ3) is 3.32. The van der Waals surface area contributed by atoms with E-state index in [2.05, 4.69) is 16.3 Å². The van der Waals surface area contributed by atoms with Crippen LogP contribution in [0, 0.1) is 0 Å². The average molecular weight is 276 g/mol. The Hall–Kier alpha value is -1.10. The average Bonchev–Trinajstić information content (AvgIpc) is 2.48. The molecule has 1 fully saturated rings. The zero-order chi connectivity index (χ0) is 13.8. The molecule has 20 heavy (non-hydrogen) atoms. The van der Waals surface area contributed by atoms with Gasteiger partial charge in [-0.05, 0) is 42.5 Å². The van der Waals surface area contributed by atoms with Crippen molar-refractivity contribution in [1.29, 1.82) is 0 Å². The molecule has 4 nitrogen and oxygen atoms in total. The number of nitrogens with one attached hydrogen (secondary N) is 1. The fourth-order valence-corrected chi connectivity index (χ4v) is 3.23. The van der Waals surface area contributed by atoms with E-state index in [-0.39, 0.29) is 0 Å². The Morgan fingerprint density at radius 3 is 3.00 bits per heavy atom.